The number of nitrogens with two attached hydrogens (primary N) is 1. The molecule has 2 aromatic rings. The Hall–Kier alpha value is -2.58. The summed E-state index contributed by atoms with van der Waals surface area (Å²) < 4.78 is 32.7. The average Bonchev–Trinajstić information content (AvgIpc) is 3.05. The van der Waals surface area contributed by atoms with E-state index in [9.17, 15) is 13.2 Å². The van der Waals surface area contributed by atoms with E-state index in [4.69, 9.17) is 10.6 Å². The van der Waals surface area contributed by atoms with Crippen LogP contribution < -0.4 is 20.3 Å². The number of sulfonamides is 1. The summed E-state index contributed by atoms with van der Waals surface area (Å²) >= 11 is 0. The summed E-state index contributed by atoms with van der Waals surface area (Å²) in [6.07, 6.45) is 0.698. The molecule has 0 fully saturated rings. The van der Waals surface area contributed by atoms with Crippen LogP contribution in [0.4, 0.5) is 5.69 Å². The summed E-state index contributed by atoms with van der Waals surface area (Å²) in [5.41, 5.74) is 4.34. The molecule has 0 radical (unpaired) electrons. The fraction of sp³-hybridized carbons (Fsp3) is 0.235. The zero-order chi connectivity index (χ0) is 18.0. The van der Waals surface area contributed by atoms with E-state index in [2.05, 4.69) is 0 Å². The van der Waals surface area contributed by atoms with E-state index < -0.39 is 15.9 Å². The summed E-state index contributed by atoms with van der Waals surface area (Å²) in [6, 6.07) is 12.1. The topological polar surface area (TPSA) is 102 Å². The monoisotopic (exact) mass is 361 g/mol. The first-order valence-corrected chi connectivity index (χ1v) is 9.21. The van der Waals surface area contributed by atoms with Crippen molar-refractivity contribution in [1.29, 1.82) is 0 Å². The Bertz CT molecular complexity index is 912. The van der Waals surface area contributed by atoms with Crippen molar-refractivity contribution in [2.75, 3.05) is 17.5 Å². The number of nitrogens with one attached hydrogen (secondary N) is 1. The third kappa shape index (κ3) is 3.31. The third-order valence-electron chi connectivity index (χ3n) is 4.10. The third-order valence-corrected chi connectivity index (χ3v) is 5.91. The van der Waals surface area contributed by atoms with E-state index in [1.165, 1.54) is 10.4 Å². The molecule has 0 atom stereocenters. The fourth-order valence-electron chi connectivity index (χ4n) is 2.81. The van der Waals surface area contributed by atoms with Crippen LogP contribution in [0.3, 0.4) is 0 Å². The van der Waals surface area contributed by atoms with Gasteiger partial charge in [-0.15, -0.1) is 0 Å². The normalized spacial score (nSPS) is 13.4. The van der Waals surface area contributed by atoms with Crippen molar-refractivity contribution in [2.45, 2.75) is 18.2 Å². The number of hydrogen-bond acceptors (Lipinski definition) is 5. The van der Waals surface area contributed by atoms with Gasteiger partial charge in [0, 0.05) is 6.54 Å². The van der Waals surface area contributed by atoms with E-state index in [0.29, 0.717) is 24.3 Å². The molecule has 7 nitrogen and oxygen atoms in total. The highest BCUT2D eigenvalue weighted by Gasteiger charge is 2.30. The minimum Gasteiger partial charge on any atom is -0.483 e. The number of amides is 1. The minimum absolute atomic E-state index is 0.192. The van der Waals surface area contributed by atoms with Crippen molar-refractivity contribution < 1.29 is 17.9 Å². The van der Waals surface area contributed by atoms with Crippen LogP contribution in [0.1, 0.15) is 11.1 Å². The van der Waals surface area contributed by atoms with Gasteiger partial charge in [0.25, 0.3) is 15.9 Å². The number of hydrazine groups is 1. The predicted octanol–water partition coefficient (Wildman–Crippen LogP) is 1.12. The zero-order valence-corrected chi connectivity index (χ0v) is 14.5. The van der Waals surface area contributed by atoms with Gasteiger partial charge in [0.2, 0.25) is 0 Å². The van der Waals surface area contributed by atoms with E-state index >= 15 is 0 Å². The number of carbonyl (C=O) groups is 1. The van der Waals surface area contributed by atoms with Crippen molar-refractivity contribution in [1.82, 2.24) is 5.43 Å². The molecule has 0 unspecified atom stereocenters. The number of benzene rings is 2. The lowest BCUT2D eigenvalue weighted by Crippen LogP contribution is -2.34. The van der Waals surface area contributed by atoms with Gasteiger partial charge in [-0.1, -0.05) is 18.2 Å². The van der Waals surface area contributed by atoms with Gasteiger partial charge in [0.05, 0.1) is 10.6 Å². The first-order valence-electron chi connectivity index (χ1n) is 7.77. The number of anilines is 1. The summed E-state index contributed by atoms with van der Waals surface area (Å²) in [7, 11) is -3.65. The van der Waals surface area contributed by atoms with Crippen LogP contribution >= 0.6 is 0 Å². The van der Waals surface area contributed by atoms with E-state index in [1.807, 2.05) is 29.7 Å². The number of para-hydroxylation sites is 1. The highest BCUT2D eigenvalue weighted by Crippen LogP contribution is 2.33. The van der Waals surface area contributed by atoms with Crippen LogP contribution in [-0.4, -0.2) is 27.5 Å². The zero-order valence-electron chi connectivity index (χ0n) is 13.7. The number of ether oxygens (including phenoxy) is 1. The molecule has 1 heterocycles. The molecule has 3 rings (SSSR count). The molecule has 0 aliphatic carbocycles. The SMILES string of the molecule is Cc1cc(S(=O)(=O)N2CCc3ccccc32)ccc1OCC(=O)NN. The van der Waals surface area contributed by atoms with Gasteiger partial charge < -0.3 is 4.74 Å². The second kappa shape index (κ2) is 6.73. The number of nitrogens with zero attached hydrogens (tertiary/aromatic N) is 1. The molecule has 1 aliphatic heterocycles. The molecular formula is C17H19N3O4S. The lowest BCUT2D eigenvalue weighted by Gasteiger charge is -2.20. The standard InChI is InChI=1S/C17H19N3O4S/c1-12-10-14(6-7-16(12)24-11-17(21)19-18)25(22,23)20-9-8-13-4-2-3-5-15(13)20/h2-7,10H,8-9,11,18H2,1H3,(H,19,21). The molecule has 0 saturated carbocycles. The summed E-state index contributed by atoms with van der Waals surface area (Å²) in [5.74, 6) is 4.97. The van der Waals surface area contributed by atoms with Crippen molar-refractivity contribution in [3.05, 3.63) is 53.6 Å². The first kappa shape index (κ1) is 17.2. The Labute approximate surface area is 146 Å². The Kier molecular flexibility index (Phi) is 4.65. The molecule has 132 valence electrons. The van der Waals surface area contributed by atoms with Crippen molar-refractivity contribution >= 4 is 21.6 Å². The van der Waals surface area contributed by atoms with Gasteiger partial charge in [0.1, 0.15) is 5.75 Å². The fourth-order valence-corrected chi connectivity index (χ4v) is 4.40. The van der Waals surface area contributed by atoms with Crippen LogP contribution in [0.5, 0.6) is 5.75 Å². The van der Waals surface area contributed by atoms with Crippen LogP contribution in [0.2, 0.25) is 0 Å². The minimum atomic E-state index is -3.65. The molecule has 0 aromatic heterocycles. The summed E-state index contributed by atoms with van der Waals surface area (Å²) in [4.78, 5) is 11.3. The molecule has 8 heteroatoms. The predicted molar refractivity (Wildman–Crippen MR) is 93.7 cm³/mol. The molecule has 0 spiro atoms. The lowest BCUT2D eigenvalue weighted by molar-refractivity contribution is -0.123. The summed E-state index contributed by atoms with van der Waals surface area (Å²) in [6.45, 7) is 1.92. The quantitative estimate of drug-likeness (QED) is 0.472. The second-order valence-corrected chi connectivity index (χ2v) is 7.60. The van der Waals surface area contributed by atoms with Gasteiger partial charge >= 0.3 is 0 Å². The molecular weight excluding hydrogens is 342 g/mol. The van der Waals surface area contributed by atoms with E-state index in [1.54, 1.807) is 19.1 Å². The maximum atomic E-state index is 13.0. The van der Waals surface area contributed by atoms with Gasteiger partial charge in [-0.05, 0) is 48.7 Å². The average molecular weight is 361 g/mol. The number of aryl methyl sites for hydroxylation is 1. The van der Waals surface area contributed by atoms with Crippen molar-refractivity contribution in [3.8, 4) is 5.75 Å². The Balaban J connectivity index is 1.86. The van der Waals surface area contributed by atoms with E-state index in [-0.39, 0.29) is 11.5 Å². The van der Waals surface area contributed by atoms with Crippen LogP contribution in [0.15, 0.2) is 47.4 Å². The highest BCUT2D eigenvalue weighted by atomic mass is 32.2. The second-order valence-electron chi connectivity index (χ2n) is 5.74. The highest BCUT2D eigenvalue weighted by molar-refractivity contribution is 7.92. The molecule has 25 heavy (non-hydrogen) atoms. The lowest BCUT2D eigenvalue weighted by atomic mass is 10.2. The van der Waals surface area contributed by atoms with Crippen molar-refractivity contribution in [3.63, 3.8) is 0 Å². The molecule has 1 aliphatic rings. The maximum absolute atomic E-state index is 13.0. The Morgan fingerprint density at radius 2 is 2.04 bits per heavy atom. The largest absolute Gasteiger partial charge is 0.483 e. The van der Waals surface area contributed by atoms with Crippen molar-refractivity contribution in [2.24, 2.45) is 5.84 Å². The number of fused-ring (bicyclic) bond motifs is 1. The van der Waals surface area contributed by atoms with Crippen LogP contribution in [0.25, 0.3) is 0 Å². The van der Waals surface area contributed by atoms with Gasteiger partial charge in [-0.25, -0.2) is 14.3 Å². The molecule has 0 saturated heterocycles. The number of carbonyl (C=O) groups excluding carboxylic acids is 1. The Morgan fingerprint density at radius 3 is 2.76 bits per heavy atom. The maximum Gasteiger partial charge on any atom is 0.271 e. The van der Waals surface area contributed by atoms with Gasteiger partial charge in [-0.3, -0.25) is 14.5 Å². The first-order chi connectivity index (χ1) is 11.9. The Morgan fingerprint density at radius 1 is 1.28 bits per heavy atom. The molecule has 0 bridgehead atoms. The van der Waals surface area contributed by atoms with Crippen LogP contribution in [-0.2, 0) is 21.2 Å². The smallest absolute Gasteiger partial charge is 0.271 e. The van der Waals surface area contributed by atoms with Crippen LogP contribution in [0, 0.1) is 6.92 Å². The number of rotatable bonds is 5. The van der Waals surface area contributed by atoms with Gasteiger partial charge in [-0.2, -0.15) is 0 Å². The van der Waals surface area contributed by atoms with E-state index in [0.717, 1.165) is 11.3 Å². The molecule has 3 N–H and O–H groups in total. The van der Waals surface area contributed by atoms with Gasteiger partial charge in [0.15, 0.2) is 6.61 Å². The summed E-state index contributed by atoms with van der Waals surface area (Å²) in [5, 5.41) is 0. The molecule has 2 aromatic carbocycles. The number of hydrogen-bond donors (Lipinski definition) is 2. The molecule has 1 amide bonds.